The Hall–Kier alpha value is -1.29. The quantitative estimate of drug-likeness (QED) is 0.858. The number of ether oxygens (including phenoxy) is 1. The summed E-state index contributed by atoms with van der Waals surface area (Å²) in [6, 6.07) is 6.32. The fourth-order valence-electron chi connectivity index (χ4n) is 2.03. The highest BCUT2D eigenvalue weighted by Crippen LogP contribution is 2.17. The first kappa shape index (κ1) is 12.2. The van der Waals surface area contributed by atoms with Crippen molar-refractivity contribution in [1.29, 1.82) is 0 Å². The van der Waals surface area contributed by atoms with Crippen molar-refractivity contribution in [2.75, 3.05) is 32.1 Å². The van der Waals surface area contributed by atoms with Crippen LogP contribution in [0.4, 0.5) is 5.82 Å². The third kappa shape index (κ3) is 3.09. The third-order valence-electron chi connectivity index (χ3n) is 3.27. The number of nitrogens with zero attached hydrogens (tertiary/aromatic N) is 2. The van der Waals surface area contributed by atoms with Crippen LogP contribution in [0.3, 0.4) is 0 Å². The Morgan fingerprint density at radius 2 is 2.29 bits per heavy atom. The lowest BCUT2D eigenvalue weighted by Crippen LogP contribution is -2.32. The molecule has 1 aromatic rings. The summed E-state index contributed by atoms with van der Waals surface area (Å²) in [7, 11) is 3.96. The monoisotopic (exact) mass is 235 g/mol. The maximum Gasteiger partial charge on any atom is 0.215 e. The van der Waals surface area contributed by atoms with Gasteiger partial charge in [0, 0.05) is 26.2 Å². The highest BCUT2D eigenvalue weighted by molar-refractivity contribution is 5.38. The Bertz CT molecular complexity index is 367. The van der Waals surface area contributed by atoms with E-state index in [1.807, 2.05) is 37.2 Å². The normalized spacial score (nSPS) is 23.7. The van der Waals surface area contributed by atoms with E-state index in [0.29, 0.717) is 24.4 Å². The molecule has 0 aromatic carbocycles. The van der Waals surface area contributed by atoms with Gasteiger partial charge in [0.2, 0.25) is 5.88 Å². The zero-order valence-electron chi connectivity index (χ0n) is 10.8. The van der Waals surface area contributed by atoms with E-state index in [-0.39, 0.29) is 0 Å². The van der Waals surface area contributed by atoms with Crippen molar-refractivity contribution < 1.29 is 4.74 Å². The van der Waals surface area contributed by atoms with Gasteiger partial charge in [-0.1, -0.05) is 13.0 Å². The Morgan fingerprint density at radius 3 is 2.94 bits per heavy atom. The molecule has 4 heteroatoms. The van der Waals surface area contributed by atoms with Gasteiger partial charge in [0.05, 0.1) is 0 Å². The fourth-order valence-corrected chi connectivity index (χ4v) is 2.03. The van der Waals surface area contributed by atoms with Gasteiger partial charge < -0.3 is 15.0 Å². The predicted molar refractivity (Wildman–Crippen MR) is 69.6 cm³/mol. The second-order valence-corrected chi connectivity index (χ2v) is 4.87. The van der Waals surface area contributed by atoms with Gasteiger partial charge in [-0.2, -0.15) is 4.98 Å². The summed E-state index contributed by atoms with van der Waals surface area (Å²) in [5, 5.41) is 3.45. The molecular formula is C13H21N3O. The van der Waals surface area contributed by atoms with Crippen molar-refractivity contribution in [3.8, 4) is 5.88 Å². The Labute approximate surface area is 103 Å². The van der Waals surface area contributed by atoms with E-state index >= 15 is 0 Å². The molecular weight excluding hydrogens is 214 g/mol. The minimum absolute atomic E-state index is 0.458. The number of hydrogen-bond donors (Lipinski definition) is 1. The second kappa shape index (κ2) is 5.36. The summed E-state index contributed by atoms with van der Waals surface area (Å²) in [6.07, 6.45) is 1.24. The molecule has 0 aliphatic carbocycles. The Kier molecular flexibility index (Phi) is 3.84. The highest BCUT2D eigenvalue weighted by Gasteiger charge is 2.23. The molecule has 0 saturated carbocycles. The molecule has 4 nitrogen and oxygen atoms in total. The van der Waals surface area contributed by atoms with E-state index in [1.165, 1.54) is 6.42 Å². The van der Waals surface area contributed by atoms with Gasteiger partial charge >= 0.3 is 0 Å². The van der Waals surface area contributed by atoms with Gasteiger partial charge in [-0.25, -0.2) is 0 Å². The molecule has 2 rings (SSSR count). The maximum absolute atomic E-state index is 5.75. The van der Waals surface area contributed by atoms with Crippen LogP contribution in [0.25, 0.3) is 0 Å². The average molecular weight is 235 g/mol. The van der Waals surface area contributed by atoms with E-state index in [1.54, 1.807) is 0 Å². The first-order chi connectivity index (χ1) is 8.16. The van der Waals surface area contributed by atoms with E-state index < -0.39 is 0 Å². The molecule has 94 valence electrons. The highest BCUT2D eigenvalue weighted by atomic mass is 16.5. The molecule has 17 heavy (non-hydrogen) atoms. The summed E-state index contributed by atoms with van der Waals surface area (Å²) in [5.74, 6) is 2.32. The molecule has 1 saturated heterocycles. The molecule has 2 atom stereocenters. The number of hydrogen-bond acceptors (Lipinski definition) is 4. The van der Waals surface area contributed by atoms with Gasteiger partial charge in [-0.3, -0.25) is 0 Å². The van der Waals surface area contributed by atoms with Crippen LogP contribution in [0.5, 0.6) is 5.88 Å². The van der Waals surface area contributed by atoms with Gasteiger partial charge in [0.15, 0.2) is 0 Å². The zero-order chi connectivity index (χ0) is 12.3. The lowest BCUT2D eigenvalue weighted by molar-refractivity contribution is 0.245. The number of rotatable bonds is 4. The van der Waals surface area contributed by atoms with Gasteiger partial charge in [-0.05, 0) is 24.9 Å². The topological polar surface area (TPSA) is 37.4 Å². The zero-order valence-corrected chi connectivity index (χ0v) is 10.8. The van der Waals surface area contributed by atoms with Crippen LogP contribution in [0.15, 0.2) is 18.2 Å². The molecule has 1 N–H and O–H groups in total. The van der Waals surface area contributed by atoms with E-state index in [4.69, 9.17) is 4.74 Å². The lowest BCUT2D eigenvalue weighted by atomic mass is 10.0. The summed E-state index contributed by atoms with van der Waals surface area (Å²) >= 11 is 0. The van der Waals surface area contributed by atoms with E-state index in [9.17, 15) is 0 Å². The van der Waals surface area contributed by atoms with Crippen molar-refractivity contribution in [3.63, 3.8) is 0 Å². The maximum atomic E-state index is 5.75. The first-order valence-corrected chi connectivity index (χ1v) is 6.17. The largest absolute Gasteiger partial charge is 0.476 e. The third-order valence-corrected chi connectivity index (χ3v) is 3.27. The minimum atomic E-state index is 0.458. The first-order valence-electron chi connectivity index (χ1n) is 6.17. The van der Waals surface area contributed by atoms with Crippen LogP contribution in [-0.4, -0.2) is 38.3 Å². The number of aromatic nitrogens is 1. The van der Waals surface area contributed by atoms with Crippen molar-refractivity contribution >= 4 is 5.82 Å². The molecule has 2 unspecified atom stereocenters. The molecule has 2 heterocycles. The lowest BCUT2D eigenvalue weighted by Gasteiger charge is -2.17. The standard InChI is InChI=1S/C13H21N3O/c1-10-7-8-14-11(10)9-17-13-6-4-5-12(15-13)16(2)3/h4-6,10-11,14H,7-9H2,1-3H3. The van der Waals surface area contributed by atoms with Crippen LogP contribution >= 0.6 is 0 Å². The Balaban J connectivity index is 1.92. The summed E-state index contributed by atoms with van der Waals surface area (Å²) in [5.41, 5.74) is 0. The molecule has 1 aliphatic heterocycles. The number of anilines is 1. The number of pyridine rings is 1. The van der Waals surface area contributed by atoms with Gasteiger partial charge in [0.25, 0.3) is 0 Å². The van der Waals surface area contributed by atoms with Crippen molar-refractivity contribution in [1.82, 2.24) is 10.3 Å². The summed E-state index contributed by atoms with van der Waals surface area (Å²) in [4.78, 5) is 6.41. The summed E-state index contributed by atoms with van der Waals surface area (Å²) in [6.45, 7) is 4.06. The van der Waals surface area contributed by atoms with Crippen molar-refractivity contribution in [2.24, 2.45) is 5.92 Å². The molecule has 1 fully saturated rings. The fraction of sp³-hybridized carbons (Fsp3) is 0.615. The average Bonchev–Trinajstić information content (AvgIpc) is 2.72. The minimum Gasteiger partial charge on any atom is -0.476 e. The van der Waals surface area contributed by atoms with E-state index in [0.717, 1.165) is 12.4 Å². The molecule has 1 aromatic heterocycles. The van der Waals surface area contributed by atoms with Gasteiger partial charge in [-0.15, -0.1) is 0 Å². The number of nitrogens with one attached hydrogen (secondary N) is 1. The van der Waals surface area contributed by atoms with Crippen molar-refractivity contribution in [3.05, 3.63) is 18.2 Å². The van der Waals surface area contributed by atoms with E-state index in [2.05, 4.69) is 17.2 Å². The van der Waals surface area contributed by atoms with Crippen LogP contribution in [-0.2, 0) is 0 Å². The molecule has 1 aliphatic rings. The van der Waals surface area contributed by atoms with Crippen LogP contribution in [0.2, 0.25) is 0 Å². The molecule has 0 radical (unpaired) electrons. The predicted octanol–water partition coefficient (Wildman–Crippen LogP) is 1.52. The van der Waals surface area contributed by atoms with Crippen molar-refractivity contribution in [2.45, 2.75) is 19.4 Å². The molecule has 0 bridgehead atoms. The SMILES string of the molecule is CC1CCNC1COc1cccc(N(C)C)n1. The van der Waals surface area contributed by atoms with Gasteiger partial charge in [0.1, 0.15) is 12.4 Å². The Morgan fingerprint density at radius 1 is 1.47 bits per heavy atom. The molecule has 0 spiro atoms. The van der Waals surface area contributed by atoms with Crippen LogP contribution in [0.1, 0.15) is 13.3 Å². The van der Waals surface area contributed by atoms with Crippen LogP contribution < -0.4 is 15.0 Å². The second-order valence-electron chi connectivity index (χ2n) is 4.87. The van der Waals surface area contributed by atoms with Crippen LogP contribution in [0, 0.1) is 5.92 Å². The smallest absolute Gasteiger partial charge is 0.215 e. The molecule has 0 amide bonds. The summed E-state index contributed by atoms with van der Waals surface area (Å²) < 4.78 is 5.75.